The van der Waals surface area contributed by atoms with Gasteiger partial charge in [-0.2, -0.15) is 9.61 Å². The van der Waals surface area contributed by atoms with Crippen molar-refractivity contribution in [3.05, 3.63) is 76.6 Å². The standard InChI is InChI=1S/C20H18N4OS.2ClH/c1-25-17-11-7-16(8-12-17)10-14-19-23-24-18(21-22-20(24)26-19)13-9-15-5-3-2-4-6-15;;/h2-8,10-12,14H,9,13H2,1H3;2*1H/b14-10+;;. The van der Waals surface area contributed by atoms with E-state index in [1.165, 1.54) is 16.9 Å². The molecule has 28 heavy (non-hydrogen) atoms. The summed E-state index contributed by atoms with van der Waals surface area (Å²) >= 11 is 1.53. The van der Waals surface area contributed by atoms with Crippen LogP contribution in [0.25, 0.3) is 17.1 Å². The second-order valence-corrected chi connectivity index (χ2v) is 6.83. The molecule has 2 heterocycles. The van der Waals surface area contributed by atoms with Crippen molar-refractivity contribution in [2.75, 3.05) is 7.11 Å². The molecule has 0 atom stereocenters. The van der Waals surface area contributed by atoms with E-state index in [4.69, 9.17) is 4.74 Å². The Morgan fingerprint density at radius 3 is 2.39 bits per heavy atom. The summed E-state index contributed by atoms with van der Waals surface area (Å²) in [5, 5.41) is 14.1. The molecule has 0 aliphatic rings. The maximum absolute atomic E-state index is 5.18. The van der Waals surface area contributed by atoms with Crippen LogP contribution in [0, 0.1) is 0 Å². The van der Waals surface area contributed by atoms with Crippen LogP contribution in [0.15, 0.2) is 54.6 Å². The van der Waals surface area contributed by atoms with Crippen LogP contribution in [0.3, 0.4) is 0 Å². The fourth-order valence-electron chi connectivity index (χ4n) is 2.68. The zero-order valence-electron chi connectivity index (χ0n) is 15.2. The lowest BCUT2D eigenvalue weighted by molar-refractivity contribution is 0.415. The molecule has 0 saturated carbocycles. The Labute approximate surface area is 179 Å². The van der Waals surface area contributed by atoms with Crippen LogP contribution in [0.5, 0.6) is 5.75 Å². The largest absolute Gasteiger partial charge is 0.497 e. The van der Waals surface area contributed by atoms with E-state index in [2.05, 4.69) is 39.6 Å². The topological polar surface area (TPSA) is 52.3 Å². The number of aryl methyl sites for hydroxylation is 2. The van der Waals surface area contributed by atoms with Crippen LogP contribution in [-0.2, 0) is 12.8 Å². The molecule has 2 aromatic carbocycles. The predicted octanol–water partition coefficient (Wildman–Crippen LogP) is 4.99. The van der Waals surface area contributed by atoms with E-state index < -0.39 is 0 Å². The molecule has 0 bridgehead atoms. The van der Waals surface area contributed by atoms with E-state index in [1.807, 2.05) is 47.0 Å². The van der Waals surface area contributed by atoms with Gasteiger partial charge >= 0.3 is 0 Å². The summed E-state index contributed by atoms with van der Waals surface area (Å²) in [5.74, 6) is 1.74. The number of benzene rings is 2. The number of aromatic nitrogens is 4. The average Bonchev–Trinajstić information content (AvgIpc) is 3.26. The molecule has 0 aliphatic heterocycles. The summed E-state index contributed by atoms with van der Waals surface area (Å²) in [7, 11) is 1.67. The molecule has 0 N–H and O–H groups in total. The van der Waals surface area contributed by atoms with Gasteiger partial charge in [0.25, 0.3) is 0 Å². The molecule has 0 unspecified atom stereocenters. The van der Waals surface area contributed by atoms with Gasteiger partial charge in [-0.25, -0.2) is 0 Å². The zero-order chi connectivity index (χ0) is 17.8. The van der Waals surface area contributed by atoms with Crippen LogP contribution in [-0.4, -0.2) is 26.9 Å². The smallest absolute Gasteiger partial charge is 0.234 e. The third-order valence-corrected chi connectivity index (χ3v) is 4.95. The Balaban J connectivity index is 0.00000140. The van der Waals surface area contributed by atoms with Gasteiger partial charge in [0.05, 0.1) is 7.11 Å². The van der Waals surface area contributed by atoms with Crippen LogP contribution in [0.4, 0.5) is 0 Å². The predicted molar refractivity (Wildman–Crippen MR) is 119 cm³/mol. The van der Waals surface area contributed by atoms with Crippen molar-refractivity contribution in [3.8, 4) is 5.75 Å². The van der Waals surface area contributed by atoms with Crippen LogP contribution in [0.2, 0.25) is 0 Å². The molecular formula is C20H20Cl2N4OS. The van der Waals surface area contributed by atoms with Crippen LogP contribution >= 0.6 is 36.2 Å². The summed E-state index contributed by atoms with van der Waals surface area (Å²) in [4.78, 5) is 0.822. The number of fused-ring (bicyclic) bond motifs is 1. The molecule has 0 radical (unpaired) electrons. The van der Waals surface area contributed by atoms with Crippen molar-refractivity contribution >= 4 is 53.3 Å². The minimum Gasteiger partial charge on any atom is -0.497 e. The lowest BCUT2D eigenvalue weighted by atomic mass is 10.1. The van der Waals surface area contributed by atoms with Gasteiger partial charge in [-0.3, -0.25) is 0 Å². The first-order valence-corrected chi connectivity index (χ1v) is 9.20. The van der Waals surface area contributed by atoms with E-state index >= 15 is 0 Å². The lowest BCUT2D eigenvalue weighted by Gasteiger charge is -1.99. The Morgan fingerprint density at radius 1 is 0.929 bits per heavy atom. The minimum atomic E-state index is 0. The molecule has 5 nitrogen and oxygen atoms in total. The number of nitrogens with zero attached hydrogens (tertiary/aromatic N) is 4. The molecule has 0 amide bonds. The Kier molecular flexibility index (Phi) is 7.99. The van der Waals surface area contributed by atoms with E-state index in [9.17, 15) is 0 Å². The van der Waals surface area contributed by atoms with Gasteiger partial charge in [0.2, 0.25) is 4.96 Å². The highest BCUT2D eigenvalue weighted by Gasteiger charge is 2.10. The van der Waals surface area contributed by atoms with Crippen LogP contribution < -0.4 is 4.74 Å². The van der Waals surface area contributed by atoms with E-state index in [0.29, 0.717) is 0 Å². The normalized spacial score (nSPS) is 10.6. The Hall–Kier alpha value is -2.41. The van der Waals surface area contributed by atoms with Crippen molar-refractivity contribution in [3.63, 3.8) is 0 Å². The maximum atomic E-state index is 5.18. The SMILES string of the molecule is COc1ccc(/C=C/c2nn3c(CCc4ccccc4)nnc3s2)cc1.Cl.Cl. The fourth-order valence-corrected chi connectivity index (χ4v) is 3.44. The summed E-state index contributed by atoms with van der Waals surface area (Å²) in [5.41, 5.74) is 2.39. The molecule has 0 fully saturated rings. The first-order chi connectivity index (χ1) is 12.8. The molecule has 0 aliphatic carbocycles. The van der Waals surface area contributed by atoms with E-state index in [-0.39, 0.29) is 24.8 Å². The number of rotatable bonds is 6. The van der Waals surface area contributed by atoms with Gasteiger partial charge in [0.1, 0.15) is 10.8 Å². The molecule has 0 saturated heterocycles. The van der Waals surface area contributed by atoms with Crippen molar-refractivity contribution in [1.29, 1.82) is 0 Å². The first kappa shape index (κ1) is 21.9. The molecule has 8 heteroatoms. The summed E-state index contributed by atoms with van der Waals surface area (Å²) in [6, 6.07) is 18.3. The zero-order valence-corrected chi connectivity index (χ0v) is 17.6. The molecule has 4 rings (SSSR count). The average molecular weight is 435 g/mol. The van der Waals surface area contributed by atoms with Crippen molar-refractivity contribution in [2.24, 2.45) is 0 Å². The molecule has 146 valence electrons. The summed E-state index contributed by atoms with van der Waals surface area (Å²) in [6.07, 6.45) is 5.78. The monoisotopic (exact) mass is 434 g/mol. The lowest BCUT2D eigenvalue weighted by Crippen LogP contribution is -1.99. The van der Waals surface area contributed by atoms with Gasteiger partial charge in [0, 0.05) is 6.42 Å². The highest BCUT2D eigenvalue weighted by atomic mass is 35.5. The number of ether oxygens (including phenoxy) is 1. The number of hydrogen-bond acceptors (Lipinski definition) is 5. The third-order valence-electron chi connectivity index (χ3n) is 4.09. The third kappa shape index (κ3) is 5.10. The number of methoxy groups -OCH3 is 1. The first-order valence-electron chi connectivity index (χ1n) is 8.39. The van der Waals surface area contributed by atoms with Crippen molar-refractivity contribution < 1.29 is 4.74 Å². The number of halogens is 2. The highest BCUT2D eigenvalue weighted by molar-refractivity contribution is 7.17. The molecule has 0 spiro atoms. The molecular weight excluding hydrogens is 415 g/mol. The van der Waals surface area contributed by atoms with Crippen molar-refractivity contribution in [2.45, 2.75) is 12.8 Å². The summed E-state index contributed by atoms with van der Waals surface area (Å²) < 4.78 is 7.03. The van der Waals surface area contributed by atoms with Crippen LogP contribution in [0.1, 0.15) is 22.0 Å². The summed E-state index contributed by atoms with van der Waals surface area (Å²) in [6.45, 7) is 0. The second-order valence-electron chi connectivity index (χ2n) is 5.84. The highest BCUT2D eigenvalue weighted by Crippen LogP contribution is 2.18. The van der Waals surface area contributed by atoms with E-state index in [1.54, 1.807) is 7.11 Å². The Bertz CT molecular complexity index is 1030. The van der Waals surface area contributed by atoms with Gasteiger partial charge in [-0.15, -0.1) is 35.0 Å². The Morgan fingerprint density at radius 2 is 1.68 bits per heavy atom. The fraction of sp³-hybridized carbons (Fsp3) is 0.150. The maximum Gasteiger partial charge on any atom is 0.234 e. The van der Waals surface area contributed by atoms with E-state index in [0.717, 1.165) is 39.9 Å². The molecule has 2 aromatic heterocycles. The minimum absolute atomic E-state index is 0. The van der Waals surface area contributed by atoms with Gasteiger partial charge in [-0.05, 0) is 35.8 Å². The second kappa shape index (κ2) is 10.2. The molecule has 4 aromatic rings. The quantitative estimate of drug-likeness (QED) is 0.428. The number of hydrogen-bond donors (Lipinski definition) is 0. The van der Waals surface area contributed by atoms with Crippen molar-refractivity contribution in [1.82, 2.24) is 19.8 Å². The van der Waals surface area contributed by atoms with Gasteiger partial charge in [-0.1, -0.05) is 59.9 Å². The van der Waals surface area contributed by atoms with Gasteiger partial charge in [0.15, 0.2) is 5.82 Å². The van der Waals surface area contributed by atoms with Gasteiger partial charge < -0.3 is 4.74 Å².